The predicted molar refractivity (Wildman–Crippen MR) is 121 cm³/mol. The molecule has 0 aromatic carbocycles. The second kappa shape index (κ2) is 11.4. The minimum atomic E-state index is -1.38. The third-order valence-electron chi connectivity index (χ3n) is 5.25. The zero-order valence-corrected chi connectivity index (χ0v) is 20.5. The average Bonchev–Trinajstić information content (AvgIpc) is 3.33. The smallest absolute Gasteiger partial charge is 0.259 e. The molecule has 0 radical (unpaired) electrons. The summed E-state index contributed by atoms with van der Waals surface area (Å²) in [5, 5.41) is 8.95. The SMILES string of the molecule is COC[C@H]1O[C@@H](n2cnc3c(C)ncnc32)CC1OP(OCCC#N)N(C(C)C)C(C)C. The van der Waals surface area contributed by atoms with Crippen LogP contribution in [0.15, 0.2) is 12.7 Å². The summed E-state index contributed by atoms with van der Waals surface area (Å²) in [7, 11) is 0.267. The summed E-state index contributed by atoms with van der Waals surface area (Å²) in [5.41, 5.74) is 2.32. The van der Waals surface area contributed by atoms with Crippen LogP contribution in [0.3, 0.4) is 0 Å². The lowest BCUT2D eigenvalue weighted by Gasteiger charge is -2.37. The highest BCUT2D eigenvalue weighted by atomic mass is 31.2. The Balaban J connectivity index is 1.83. The van der Waals surface area contributed by atoms with Gasteiger partial charge < -0.3 is 18.5 Å². The van der Waals surface area contributed by atoms with E-state index >= 15 is 0 Å². The van der Waals surface area contributed by atoms with E-state index in [4.69, 9.17) is 23.8 Å². The van der Waals surface area contributed by atoms with Crippen LogP contribution in [0.25, 0.3) is 11.2 Å². The van der Waals surface area contributed by atoms with Gasteiger partial charge in [-0.05, 0) is 34.6 Å². The van der Waals surface area contributed by atoms with Gasteiger partial charge in [-0.15, -0.1) is 0 Å². The maximum Gasteiger partial charge on any atom is 0.259 e. The summed E-state index contributed by atoms with van der Waals surface area (Å²) in [6, 6.07) is 2.58. The lowest BCUT2D eigenvalue weighted by Crippen LogP contribution is -2.36. The number of fused-ring (bicyclic) bond motifs is 1. The van der Waals surface area contributed by atoms with Crippen molar-refractivity contribution in [2.75, 3.05) is 20.3 Å². The van der Waals surface area contributed by atoms with Gasteiger partial charge in [0.05, 0.1) is 43.8 Å². The number of imidazole rings is 1. The first-order chi connectivity index (χ1) is 15.4. The van der Waals surface area contributed by atoms with Gasteiger partial charge in [-0.25, -0.2) is 19.6 Å². The van der Waals surface area contributed by atoms with E-state index in [1.807, 2.05) is 11.5 Å². The molecule has 0 saturated carbocycles. The topological polar surface area (TPSA) is 108 Å². The number of aryl methyl sites for hydroxylation is 1. The van der Waals surface area contributed by atoms with Crippen molar-refractivity contribution in [3.63, 3.8) is 0 Å². The van der Waals surface area contributed by atoms with E-state index in [9.17, 15) is 0 Å². The molecule has 2 aromatic rings. The second-order valence-corrected chi connectivity index (χ2v) is 9.70. The lowest BCUT2D eigenvalue weighted by atomic mass is 10.2. The van der Waals surface area contributed by atoms with Gasteiger partial charge in [0.1, 0.15) is 24.2 Å². The van der Waals surface area contributed by atoms with E-state index in [2.05, 4.69) is 53.4 Å². The highest BCUT2D eigenvalue weighted by Crippen LogP contribution is 2.50. The molecular weight excluding hydrogens is 431 g/mol. The molecule has 11 heteroatoms. The van der Waals surface area contributed by atoms with Gasteiger partial charge in [-0.3, -0.25) is 4.57 Å². The van der Waals surface area contributed by atoms with Gasteiger partial charge in [0.25, 0.3) is 8.53 Å². The number of methoxy groups -OCH3 is 1. The number of hydrogen-bond donors (Lipinski definition) is 0. The summed E-state index contributed by atoms with van der Waals surface area (Å²) in [6.07, 6.45) is 3.40. The van der Waals surface area contributed by atoms with E-state index < -0.39 is 8.53 Å². The Morgan fingerprint density at radius 3 is 2.69 bits per heavy atom. The molecule has 3 rings (SSSR count). The average molecular weight is 465 g/mol. The molecule has 10 nitrogen and oxygen atoms in total. The summed E-state index contributed by atoms with van der Waals surface area (Å²) in [6.45, 7) is 11.1. The molecule has 0 N–H and O–H groups in total. The van der Waals surface area contributed by atoms with Crippen LogP contribution < -0.4 is 0 Å². The normalized spacial score (nSPS) is 22.3. The molecule has 1 aliphatic rings. The van der Waals surface area contributed by atoms with E-state index in [0.29, 0.717) is 26.1 Å². The molecule has 2 aromatic heterocycles. The van der Waals surface area contributed by atoms with Crippen molar-refractivity contribution in [2.24, 2.45) is 0 Å². The molecular formula is C21H33N6O4P. The van der Waals surface area contributed by atoms with Crippen LogP contribution >= 0.6 is 8.53 Å². The number of hydrogen-bond acceptors (Lipinski definition) is 9. The van der Waals surface area contributed by atoms with Gasteiger partial charge >= 0.3 is 0 Å². The molecule has 0 spiro atoms. The summed E-state index contributed by atoms with van der Waals surface area (Å²) in [4.78, 5) is 13.1. The zero-order valence-electron chi connectivity index (χ0n) is 19.6. The van der Waals surface area contributed by atoms with Crippen molar-refractivity contribution < 1.29 is 18.5 Å². The van der Waals surface area contributed by atoms with Crippen LogP contribution in [0, 0.1) is 18.3 Å². The third-order valence-corrected chi connectivity index (χ3v) is 7.41. The fourth-order valence-corrected chi connectivity index (χ4v) is 5.64. The molecule has 3 heterocycles. The van der Waals surface area contributed by atoms with Crippen LogP contribution in [-0.2, 0) is 18.5 Å². The Morgan fingerprint density at radius 2 is 2.03 bits per heavy atom. The Kier molecular flexibility index (Phi) is 8.88. The van der Waals surface area contributed by atoms with Crippen molar-refractivity contribution >= 4 is 19.7 Å². The van der Waals surface area contributed by atoms with Crippen molar-refractivity contribution in [3.8, 4) is 6.07 Å². The highest BCUT2D eigenvalue weighted by molar-refractivity contribution is 7.44. The van der Waals surface area contributed by atoms with Crippen molar-refractivity contribution in [1.82, 2.24) is 24.2 Å². The first kappa shape index (κ1) is 24.9. The molecule has 1 aliphatic heterocycles. The minimum Gasteiger partial charge on any atom is -0.382 e. The summed E-state index contributed by atoms with van der Waals surface area (Å²) in [5.74, 6) is 0. The fraction of sp³-hybridized carbons (Fsp3) is 0.714. The Bertz CT molecular complexity index is 909. The first-order valence-electron chi connectivity index (χ1n) is 10.9. The van der Waals surface area contributed by atoms with E-state index in [1.54, 1.807) is 13.4 Å². The number of aromatic nitrogens is 4. The molecule has 32 heavy (non-hydrogen) atoms. The lowest BCUT2D eigenvalue weighted by molar-refractivity contribution is -0.0501. The predicted octanol–water partition coefficient (Wildman–Crippen LogP) is 3.73. The fourth-order valence-electron chi connectivity index (χ4n) is 3.89. The van der Waals surface area contributed by atoms with Crippen LogP contribution in [0.5, 0.6) is 0 Å². The maximum absolute atomic E-state index is 8.95. The van der Waals surface area contributed by atoms with Gasteiger partial charge in [0.15, 0.2) is 5.65 Å². The van der Waals surface area contributed by atoms with E-state index in [1.165, 1.54) is 6.33 Å². The molecule has 2 unspecified atom stereocenters. The molecule has 4 atom stereocenters. The van der Waals surface area contributed by atoms with E-state index in [0.717, 1.165) is 16.9 Å². The van der Waals surface area contributed by atoms with Gasteiger partial charge in [0, 0.05) is 25.6 Å². The first-order valence-corrected chi connectivity index (χ1v) is 12.0. The molecule has 0 aliphatic carbocycles. The number of nitrogens with zero attached hydrogens (tertiary/aromatic N) is 6. The number of rotatable bonds is 11. The largest absolute Gasteiger partial charge is 0.382 e. The number of nitriles is 1. The summed E-state index contributed by atoms with van der Waals surface area (Å²) >= 11 is 0. The molecule has 1 fully saturated rings. The number of ether oxygens (including phenoxy) is 2. The molecule has 1 saturated heterocycles. The minimum absolute atomic E-state index is 0.222. The van der Waals surface area contributed by atoms with Gasteiger partial charge in [-0.1, -0.05) is 0 Å². The Hall–Kier alpha value is -1.73. The third kappa shape index (κ3) is 5.60. The van der Waals surface area contributed by atoms with Crippen LogP contribution in [0.4, 0.5) is 0 Å². The Labute approximate surface area is 190 Å². The highest BCUT2D eigenvalue weighted by Gasteiger charge is 2.41. The van der Waals surface area contributed by atoms with Crippen molar-refractivity contribution in [1.29, 1.82) is 5.26 Å². The van der Waals surface area contributed by atoms with Crippen LogP contribution in [0.2, 0.25) is 0 Å². The molecule has 0 amide bonds. The quantitative estimate of drug-likeness (QED) is 0.363. The molecule has 176 valence electrons. The van der Waals surface area contributed by atoms with Crippen LogP contribution in [-0.4, -0.2) is 68.8 Å². The summed E-state index contributed by atoms with van der Waals surface area (Å²) < 4.78 is 28.5. The molecule has 0 bridgehead atoms. The van der Waals surface area contributed by atoms with E-state index in [-0.39, 0.29) is 30.5 Å². The maximum atomic E-state index is 8.95. The van der Waals surface area contributed by atoms with Crippen molar-refractivity contribution in [2.45, 2.75) is 78.0 Å². The van der Waals surface area contributed by atoms with Crippen molar-refractivity contribution in [3.05, 3.63) is 18.3 Å². The van der Waals surface area contributed by atoms with Gasteiger partial charge in [-0.2, -0.15) is 5.26 Å². The zero-order chi connectivity index (χ0) is 23.3. The standard InChI is InChI=1S/C21H33N6O4P/c1-14(2)27(15(3)4)32(29-9-7-8-22)31-17-10-19(30-18(17)11-28-6)26-13-25-20-16(5)23-12-24-21(20)26/h12-15,17-19H,7,9-11H2,1-6H3/t17?,18-,19-,32?/m1/s1. The monoisotopic (exact) mass is 464 g/mol. The van der Waals surface area contributed by atoms with Crippen LogP contribution in [0.1, 0.15) is 52.5 Å². The van der Waals surface area contributed by atoms with Gasteiger partial charge in [0.2, 0.25) is 0 Å². The Morgan fingerprint density at radius 1 is 1.28 bits per heavy atom. The second-order valence-electron chi connectivity index (χ2n) is 8.29.